The third-order valence-corrected chi connectivity index (χ3v) is 14.1. The molecule has 14 nitrogen and oxygen atoms in total. The van der Waals surface area contributed by atoms with Crippen molar-refractivity contribution in [2.24, 2.45) is 0 Å². The third-order valence-electron chi connectivity index (χ3n) is 14.1. The highest BCUT2D eigenvalue weighted by atomic mass is 16.7. The summed E-state index contributed by atoms with van der Waals surface area (Å²) in [4.78, 5) is 13.1. The van der Waals surface area contributed by atoms with Gasteiger partial charge in [-0.2, -0.15) is 0 Å². The summed E-state index contributed by atoms with van der Waals surface area (Å²) >= 11 is 0. The van der Waals surface area contributed by atoms with Gasteiger partial charge in [-0.3, -0.25) is 4.79 Å². The first kappa shape index (κ1) is 72.0. The average Bonchev–Trinajstić information content (AvgIpc) is 3.46. The second-order valence-corrected chi connectivity index (χ2v) is 21.1. The number of aliphatic hydroxyl groups excluding tert-OH is 7. The SMILES string of the molecule is CC/C=C\C/C=C\C/C=C\C/C=C\C/C=C\C/C=C\CCCOCC(COC1OC(COC2OC(CO)C(O)C(O)C2O)C(O)C(O)C1O)OC(=O)CCCCCCCCCCCCCCC/C=C\C/C=C\CCCCCCC. The van der Waals surface area contributed by atoms with Gasteiger partial charge in [0.25, 0.3) is 0 Å². The Bertz CT molecular complexity index is 1670. The van der Waals surface area contributed by atoms with Crippen molar-refractivity contribution >= 4 is 5.97 Å². The van der Waals surface area contributed by atoms with Gasteiger partial charge in [-0.05, 0) is 89.9 Å². The van der Waals surface area contributed by atoms with Crippen LogP contribution in [0.1, 0.15) is 206 Å². The van der Waals surface area contributed by atoms with Crippen LogP contribution in [0.25, 0.3) is 0 Å². The molecule has 2 aliphatic heterocycles. The second-order valence-electron chi connectivity index (χ2n) is 21.1. The van der Waals surface area contributed by atoms with Crippen molar-refractivity contribution in [3.05, 3.63) is 97.2 Å². The van der Waals surface area contributed by atoms with Gasteiger partial charge < -0.3 is 64.2 Å². The van der Waals surface area contributed by atoms with Gasteiger partial charge in [0.05, 0.1) is 26.4 Å². The molecule has 2 fully saturated rings. The molecule has 0 aromatic rings. The quantitative estimate of drug-likeness (QED) is 0.0172. The summed E-state index contributed by atoms with van der Waals surface area (Å²) in [5.41, 5.74) is 0. The highest BCUT2D eigenvalue weighted by molar-refractivity contribution is 5.69. The summed E-state index contributed by atoms with van der Waals surface area (Å²) in [6.45, 7) is 3.41. The zero-order valence-corrected chi connectivity index (χ0v) is 48.8. The highest BCUT2D eigenvalue weighted by Crippen LogP contribution is 2.27. The number of esters is 1. The molecule has 0 spiro atoms. The molecule has 0 radical (unpaired) electrons. The molecule has 0 amide bonds. The molecule has 7 N–H and O–H groups in total. The lowest BCUT2D eigenvalue weighted by Gasteiger charge is -2.42. The molecular formula is C65H110O14. The molecule has 2 rings (SSSR count). The Hall–Kier alpha value is -3.09. The van der Waals surface area contributed by atoms with Gasteiger partial charge in [0.15, 0.2) is 12.6 Å². The van der Waals surface area contributed by atoms with E-state index in [4.69, 9.17) is 28.4 Å². The maximum absolute atomic E-state index is 13.1. The predicted octanol–water partition coefficient (Wildman–Crippen LogP) is 11.7. The Balaban J connectivity index is 1.71. The molecule has 2 heterocycles. The van der Waals surface area contributed by atoms with Gasteiger partial charge in [0, 0.05) is 13.0 Å². The molecular weight excluding hydrogens is 1000 g/mol. The van der Waals surface area contributed by atoms with E-state index in [9.17, 15) is 40.5 Å². The molecule has 2 saturated heterocycles. The number of hydrogen-bond acceptors (Lipinski definition) is 14. The van der Waals surface area contributed by atoms with Crippen molar-refractivity contribution in [2.75, 3.05) is 33.0 Å². The molecule has 0 aromatic heterocycles. The largest absolute Gasteiger partial charge is 0.457 e. The topological polar surface area (TPSA) is 214 Å². The van der Waals surface area contributed by atoms with Gasteiger partial charge in [0.1, 0.15) is 54.9 Å². The van der Waals surface area contributed by atoms with Crippen LogP contribution in [0.2, 0.25) is 0 Å². The van der Waals surface area contributed by atoms with Crippen LogP contribution in [0.15, 0.2) is 97.2 Å². The van der Waals surface area contributed by atoms with E-state index in [1.807, 2.05) is 0 Å². The van der Waals surface area contributed by atoms with Crippen LogP contribution >= 0.6 is 0 Å². The van der Waals surface area contributed by atoms with Gasteiger partial charge in [0.2, 0.25) is 0 Å². The molecule has 0 saturated carbocycles. The highest BCUT2D eigenvalue weighted by Gasteiger charge is 2.47. The molecule has 0 aromatic carbocycles. The van der Waals surface area contributed by atoms with Crippen LogP contribution in [0, 0.1) is 0 Å². The molecule has 454 valence electrons. The van der Waals surface area contributed by atoms with E-state index in [1.165, 1.54) is 103 Å². The Kier molecular flexibility index (Phi) is 46.1. The zero-order valence-electron chi connectivity index (χ0n) is 48.8. The molecule has 11 atom stereocenters. The van der Waals surface area contributed by atoms with Crippen LogP contribution in [-0.2, 0) is 33.2 Å². The van der Waals surface area contributed by atoms with Crippen molar-refractivity contribution in [3.8, 4) is 0 Å². The van der Waals surface area contributed by atoms with Crippen molar-refractivity contribution in [3.63, 3.8) is 0 Å². The molecule has 11 unspecified atom stereocenters. The number of carbonyl (C=O) groups is 1. The Morgan fingerprint density at radius 3 is 1.29 bits per heavy atom. The standard InChI is InChI=1S/C65H110O14/c1-3-5-7-9-11-13-15-17-19-21-23-25-26-27-28-29-30-32-34-36-38-40-42-44-46-48-57(67)77-54(51-74-49-47-45-43-41-39-37-35-33-31-24-22-20-18-16-14-12-10-8-6-4-2)52-75-64-63(73)61(71)59(69)56(79-64)53-76-65-62(72)60(70)58(68)55(50-66)78-65/h6,8,12,14-15,17-18,20-21,23-24,31,35,37,41,43,54-56,58-66,68-73H,3-5,7,9-11,13,16,19,22,25-30,32-34,36,38-40,42,44-53H2,1-2H3/b8-6-,14-12-,17-15-,20-18-,23-21-,31-24-,37-35-,43-41-. The molecule has 14 heteroatoms. The van der Waals surface area contributed by atoms with Gasteiger partial charge >= 0.3 is 5.97 Å². The number of hydrogen-bond donors (Lipinski definition) is 7. The minimum atomic E-state index is -1.72. The molecule has 0 aliphatic carbocycles. The van der Waals surface area contributed by atoms with Crippen molar-refractivity contribution in [2.45, 2.75) is 274 Å². The Labute approximate surface area is 477 Å². The van der Waals surface area contributed by atoms with Crippen LogP contribution in [0.5, 0.6) is 0 Å². The van der Waals surface area contributed by atoms with E-state index in [1.54, 1.807) is 0 Å². The van der Waals surface area contributed by atoms with Crippen molar-refractivity contribution in [1.29, 1.82) is 0 Å². The summed E-state index contributed by atoms with van der Waals surface area (Å²) in [6.07, 6.45) is 51.9. The normalized spacial score (nSPS) is 24.7. The molecule has 2 aliphatic rings. The van der Waals surface area contributed by atoms with E-state index < -0.39 is 86.7 Å². The zero-order chi connectivity index (χ0) is 57.2. The minimum absolute atomic E-state index is 0.0162. The number of rotatable bonds is 49. The Morgan fingerprint density at radius 1 is 0.430 bits per heavy atom. The lowest BCUT2D eigenvalue weighted by Crippen LogP contribution is -2.61. The van der Waals surface area contributed by atoms with Crippen LogP contribution < -0.4 is 0 Å². The fourth-order valence-corrected chi connectivity index (χ4v) is 9.16. The summed E-state index contributed by atoms with van der Waals surface area (Å²) < 4.78 is 34.3. The lowest BCUT2D eigenvalue weighted by atomic mass is 9.98. The van der Waals surface area contributed by atoms with E-state index >= 15 is 0 Å². The van der Waals surface area contributed by atoms with Gasteiger partial charge in [-0.15, -0.1) is 0 Å². The lowest BCUT2D eigenvalue weighted by molar-refractivity contribution is -0.332. The minimum Gasteiger partial charge on any atom is -0.457 e. The van der Waals surface area contributed by atoms with E-state index in [2.05, 4.69) is 111 Å². The Morgan fingerprint density at radius 2 is 0.823 bits per heavy atom. The van der Waals surface area contributed by atoms with Gasteiger partial charge in [-0.25, -0.2) is 0 Å². The fraction of sp³-hybridized carbons (Fsp3) is 0.738. The number of allylic oxidation sites excluding steroid dienone is 16. The maximum Gasteiger partial charge on any atom is 0.306 e. The first-order chi connectivity index (χ1) is 38.6. The number of carbonyl (C=O) groups excluding carboxylic acids is 1. The van der Waals surface area contributed by atoms with E-state index in [-0.39, 0.29) is 19.6 Å². The monoisotopic (exact) mass is 1110 g/mol. The predicted molar refractivity (Wildman–Crippen MR) is 316 cm³/mol. The first-order valence-electron chi connectivity index (χ1n) is 30.8. The third kappa shape index (κ3) is 36.9. The summed E-state index contributed by atoms with van der Waals surface area (Å²) in [6, 6.07) is 0. The van der Waals surface area contributed by atoms with Gasteiger partial charge in [-0.1, -0.05) is 207 Å². The number of unbranched alkanes of at least 4 members (excludes halogenated alkanes) is 19. The summed E-state index contributed by atoms with van der Waals surface area (Å²) in [5.74, 6) is -0.399. The maximum atomic E-state index is 13.1. The molecule has 79 heavy (non-hydrogen) atoms. The summed E-state index contributed by atoms with van der Waals surface area (Å²) in [7, 11) is 0. The van der Waals surface area contributed by atoms with E-state index in [0.717, 1.165) is 77.0 Å². The van der Waals surface area contributed by atoms with Crippen LogP contribution in [-0.4, -0.2) is 142 Å². The first-order valence-corrected chi connectivity index (χ1v) is 30.8. The van der Waals surface area contributed by atoms with E-state index in [0.29, 0.717) is 13.0 Å². The summed E-state index contributed by atoms with van der Waals surface area (Å²) in [5, 5.41) is 72.4. The smallest absolute Gasteiger partial charge is 0.306 e. The molecule has 0 bridgehead atoms. The van der Waals surface area contributed by atoms with Crippen LogP contribution in [0.4, 0.5) is 0 Å². The number of ether oxygens (including phenoxy) is 6. The van der Waals surface area contributed by atoms with Crippen molar-refractivity contribution in [1.82, 2.24) is 0 Å². The van der Waals surface area contributed by atoms with Crippen molar-refractivity contribution < 1.29 is 69.0 Å². The fourth-order valence-electron chi connectivity index (χ4n) is 9.16. The number of aliphatic hydroxyl groups is 7. The second kappa shape index (κ2) is 50.6. The average molecular weight is 1120 g/mol. The van der Waals surface area contributed by atoms with Crippen LogP contribution in [0.3, 0.4) is 0 Å².